The second-order valence-electron chi connectivity index (χ2n) is 6.52. The van der Waals surface area contributed by atoms with Gasteiger partial charge in [0.1, 0.15) is 0 Å². The van der Waals surface area contributed by atoms with Crippen molar-refractivity contribution in [3.63, 3.8) is 0 Å². The van der Waals surface area contributed by atoms with E-state index < -0.39 is 5.97 Å². The number of benzene rings is 1. The molecule has 0 saturated carbocycles. The Kier molecular flexibility index (Phi) is 6.80. The first kappa shape index (κ1) is 20.8. The fourth-order valence-electron chi connectivity index (χ4n) is 2.65. The van der Waals surface area contributed by atoms with Crippen molar-refractivity contribution in [3.05, 3.63) is 69.4 Å². The fraction of sp³-hybridized carbons (Fsp3) is 0.130. The SMILES string of the molecule is CN=CC(=Cc1ccc(-c2ccc(C=Cc3ccc(N(C)C)cc3)s2)s1)C(=O)O. The van der Waals surface area contributed by atoms with Crippen LogP contribution in [0.15, 0.2) is 59.1 Å². The topological polar surface area (TPSA) is 52.9 Å². The van der Waals surface area contributed by atoms with Crippen molar-refractivity contribution in [2.45, 2.75) is 0 Å². The average molecular weight is 423 g/mol. The maximum atomic E-state index is 11.3. The summed E-state index contributed by atoms with van der Waals surface area (Å²) in [6.07, 6.45) is 7.24. The zero-order valence-electron chi connectivity index (χ0n) is 16.5. The molecule has 0 unspecified atom stereocenters. The third kappa shape index (κ3) is 5.53. The number of hydrogen-bond donors (Lipinski definition) is 1. The Morgan fingerprint density at radius 2 is 1.55 bits per heavy atom. The molecule has 4 nitrogen and oxygen atoms in total. The van der Waals surface area contributed by atoms with E-state index in [1.165, 1.54) is 21.7 Å². The molecule has 6 heteroatoms. The highest BCUT2D eigenvalue weighted by molar-refractivity contribution is 7.23. The summed E-state index contributed by atoms with van der Waals surface area (Å²) in [4.78, 5) is 21.5. The Morgan fingerprint density at radius 3 is 2.14 bits per heavy atom. The number of hydrogen-bond acceptors (Lipinski definition) is 5. The Morgan fingerprint density at radius 1 is 0.931 bits per heavy atom. The highest BCUT2D eigenvalue weighted by atomic mass is 32.1. The molecule has 1 aromatic carbocycles. The quantitative estimate of drug-likeness (QED) is 0.382. The van der Waals surface area contributed by atoms with Crippen LogP contribution < -0.4 is 4.90 Å². The summed E-state index contributed by atoms with van der Waals surface area (Å²) in [5.41, 5.74) is 2.52. The number of nitrogens with zero attached hydrogens (tertiary/aromatic N) is 2. The van der Waals surface area contributed by atoms with Crippen LogP contribution in [-0.4, -0.2) is 38.4 Å². The normalized spacial score (nSPS) is 12.2. The summed E-state index contributed by atoms with van der Waals surface area (Å²) < 4.78 is 0. The molecule has 29 heavy (non-hydrogen) atoms. The number of carboxylic acids is 1. The summed E-state index contributed by atoms with van der Waals surface area (Å²) in [5.74, 6) is -0.979. The van der Waals surface area contributed by atoms with Crippen molar-refractivity contribution >= 4 is 58.8 Å². The Hall–Kier alpha value is -2.96. The lowest BCUT2D eigenvalue weighted by Gasteiger charge is -2.11. The lowest BCUT2D eigenvalue weighted by molar-refractivity contribution is -0.131. The van der Waals surface area contributed by atoms with Crippen LogP contribution in [0.4, 0.5) is 5.69 Å². The number of anilines is 1. The summed E-state index contributed by atoms with van der Waals surface area (Å²) in [5, 5.41) is 9.23. The summed E-state index contributed by atoms with van der Waals surface area (Å²) >= 11 is 3.28. The third-order valence-electron chi connectivity index (χ3n) is 4.16. The van der Waals surface area contributed by atoms with Crippen molar-refractivity contribution in [1.29, 1.82) is 0 Å². The van der Waals surface area contributed by atoms with Gasteiger partial charge in [-0.3, -0.25) is 4.99 Å². The summed E-state index contributed by atoms with van der Waals surface area (Å²) in [6.45, 7) is 0. The molecule has 0 aliphatic carbocycles. The van der Waals surface area contributed by atoms with Crippen molar-refractivity contribution < 1.29 is 9.90 Å². The van der Waals surface area contributed by atoms with E-state index in [1.807, 2.05) is 26.2 Å². The molecule has 148 valence electrons. The van der Waals surface area contributed by atoms with Gasteiger partial charge in [0.05, 0.1) is 5.57 Å². The van der Waals surface area contributed by atoms with Crippen LogP contribution in [0.3, 0.4) is 0 Å². The van der Waals surface area contributed by atoms with Crippen LogP contribution >= 0.6 is 22.7 Å². The van der Waals surface area contributed by atoms with Crippen LogP contribution in [-0.2, 0) is 4.79 Å². The molecule has 0 fully saturated rings. The van der Waals surface area contributed by atoms with Gasteiger partial charge >= 0.3 is 5.97 Å². The van der Waals surface area contributed by atoms with Gasteiger partial charge in [0.15, 0.2) is 0 Å². The summed E-state index contributed by atoms with van der Waals surface area (Å²) in [6, 6.07) is 16.6. The van der Waals surface area contributed by atoms with Gasteiger partial charge in [-0.15, -0.1) is 22.7 Å². The fourth-order valence-corrected chi connectivity index (χ4v) is 4.61. The van der Waals surface area contributed by atoms with Crippen LogP contribution in [0, 0.1) is 0 Å². The highest BCUT2D eigenvalue weighted by Gasteiger charge is 2.08. The molecule has 0 radical (unpaired) electrons. The molecule has 0 bridgehead atoms. The molecule has 0 atom stereocenters. The van der Waals surface area contributed by atoms with Crippen LogP contribution in [0.2, 0.25) is 0 Å². The molecule has 0 spiro atoms. The monoisotopic (exact) mass is 422 g/mol. The molecule has 0 aliphatic heterocycles. The molecular weight excluding hydrogens is 400 g/mol. The van der Waals surface area contributed by atoms with Gasteiger partial charge in [-0.05, 0) is 54.1 Å². The van der Waals surface area contributed by atoms with Gasteiger partial charge in [-0.1, -0.05) is 18.2 Å². The first-order valence-electron chi connectivity index (χ1n) is 8.99. The molecule has 0 aliphatic rings. The molecule has 0 amide bonds. The zero-order valence-corrected chi connectivity index (χ0v) is 18.1. The average Bonchev–Trinajstić information content (AvgIpc) is 3.35. The van der Waals surface area contributed by atoms with E-state index in [9.17, 15) is 9.90 Å². The van der Waals surface area contributed by atoms with E-state index >= 15 is 0 Å². The van der Waals surface area contributed by atoms with Gasteiger partial charge in [-0.25, -0.2) is 4.79 Å². The van der Waals surface area contributed by atoms with Crippen LogP contribution in [0.1, 0.15) is 15.3 Å². The number of carbonyl (C=O) groups is 1. The number of thiophene rings is 2. The maximum absolute atomic E-state index is 11.3. The van der Waals surface area contributed by atoms with Crippen molar-refractivity contribution in [2.75, 3.05) is 26.0 Å². The van der Waals surface area contributed by atoms with E-state index in [-0.39, 0.29) is 5.57 Å². The van der Waals surface area contributed by atoms with Crippen molar-refractivity contribution in [1.82, 2.24) is 0 Å². The minimum atomic E-state index is -0.979. The van der Waals surface area contributed by atoms with Crippen LogP contribution in [0.5, 0.6) is 0 Å². The van der Waals surface area contributed by atoms with E-state index in [1.54, 1.807) is 35.8 Å². The highest BCUT2D eigenvalue weighted by Crippen LogP contribution is 2.35. The number of aliphatic carboxylic acids is 1. The number of carboxylic acid groups (broad SMARTS) is 1. The molecule has 3 rings (SSSR count). The zero-order chi connectivity index (χ0) is 20.8. The smallest absolute Gasteiger partial charge is 0.337 e. The first-order valence-corrected chi connectivity index (χ1v) is 10.6. The standard InChI is InChI=1S/C23H22N2O2S2/c1-24-15-17(23(26)27)14-20-11-13-22(29-20)21-12-10-19(28-21)9-6-16-4-7-18(8-5-16)25(2)3/h4-15H,1-3H3,(H,26,27). The van der Waals surface area contributed by atoms with E-state index in [4.69, 9.17) is 0 Å². The minimum absolute atomic E-state index is 0.177. The van der Waals surface area contributed by atoms with Gasteiger partial charge in [0.25, 0.3) is 0 Å². The van der Waals surface area contributed by atoms with Crippen LogP contribution in [0.25, 0.3) is 28.0 Å². The molecular formula is C23H22N2O2S2. The maximum Gasteiger partial charge on any atom is 0.337 e. The van der Waals surface area contributed by atoms with Gasteiger partial charge in [0.2, 0.25) is 0 Å². The molecule has 1 N–H and O–H groups in total. The Labute approximate surface area is 178 Å². The lowest BCUT2D eigenvalue weighted by atomic mass is 10.2. The van der Waals surface area contributed by atoms with Crippen molar-refractivity contribution in [2.24, 2.45) is 4.99 Å². The second kappa shape index (κ2) is 9.49. The Balaban J connectivity index is 1.74. The second-order valence-corrected chi connectivity index (χ2v) is 8.75. The van der Waals surface area contributed by atoms with Gasteiger partial charge < -0.3 is 10.0 Å². The minimum Gasteiger partial charge on any atom is -0.478 e. The predicted molar refractivity (Wildman–Crippen MR) is 127 cm³/mol. The number of aliphatic imine (C=N–C) groups is 1. The largest absolute Gasteiger partial charge is 0.478 e. The summed E-state index contributed by atoms with van der Waals surface area (Å²) in [7, 11) is 5.63. The van der Waals surface area contributed by atoms with Gasteiger partial charge in [-0.2, -0.15) is 0 Å². The van der Waals surface area contributed by atoms with Crippen molar-refractivity contribution in [3.8, 4) is 9.75 Å². The molecule has 0 saturated heterocycles. The van der Waals surface area contributed by atoms with E-state index in [2.05, 4.69) is 58.4 Å². The molecule has 2 aromatic heterocycles. The Bertz CT molecular complexity index is 1070. The lowest BCUT2D eigenvalue weighted by Crippen LogP contribution is -2.07. The molecule has 2 heterocycles. The van der Waals surface area contributed by atoms with E-state index in [0.29, 0.717) is 0 Å². The predicted octanol–water partition coefficient (Wildman–Crippen LogP) is 5.88. The first-order chi connectivity index (χ1) is 14.0. The number of rotatable bonds is 7. The molecule has 3 aromatic rings. The van der Waals surface area contributed by atoms with E-state index in [0.717, 1.165) is 15.3 Å². The van der Waals surface area contributed by atoms with Gasteiger partial charge in [0, 0.05) is 52.6 Å². The third-order valence-corrected chi connectivity index (χ3v) is 6.44.